The Morgan fingerprint density at radius 1 is 1.40 bits per heavy atom. The topological polar surface area (TPSA) is 26.3 Å². The number of ether oxygens (including phenoxy) is 1. The minimum Gasteiger partial charge on any atom is -0.454 e. The van der Waals surface area contributed by atoms with E-state index >= 15 is 0 Å². The molecule has 0 radical (unpaired) electrons. The lowest BCUT2D eigenvalue weighted by molar-refractivity contribution is -0.149. The van der Waals surface area contributed by atoms with Gasteiger partial charge in [0.25, 0.3) is 0 Å². The van der Waals surface area contributed by atoms with Crippen molar-refractivity contribution in [3.05, 3.63) is 35.4 Å². The van der Waals surface area contributed by atoms with Crippen LogP contribution in [-0.4, -0.2) is 5.97 Å². The quantitative estimate of drug-likeness (QED) is 0.583. The third-order valence-electron chi connectivity index (χ3n) is 2.68. The lowest BCUT2D eigenvalue weighted by Gasteiger charge is -2.15. The largest absolute Gasteiger partial charge is 0.454 e. The first-order chi connectivity index (χ1) is 7.16. The van der Waals surface area contributed by atoms with Crippen LogP contribution in [0.4, 0.5) is 0 Å². The predicted octanol–water partition coefficient (Wildman–Crippen LogP) is 2.98. The van der Waals surface area contributed by atoms with E-state index in [-0.39, 0.29) is 11.6 Å². The summed E-state index contributed by atoms with van der Waals surface area (Å²) < 4.78 is 5.34. The second-order valence-electron chi connectivity index (χ2n) is 3.92. The van der Waals surface area contributed by atoms with Gasteiger partial charge >= 0.3 is 5.97 Å². The molecule has 0 bridgehead atoms. The van der Waals surface area contributed by atoms with Crippen LogP contribution in [0, 0.1) is 0 Å². The molecule has 0 saturated heterocycles. The first kappa shape index (κ1) is 10.5. The maximum absolute atomic E-state index is 11.0. The molecule has 0 spiro atoms. The standard InChI is InChI=1S/C12H13ClO2/c1-9(14)15-12(6-7-12)11-4-2-10(8-13)3-5-11/h2-5H,6-8H2,1H3. The van der Waals surface area contributed by atoms with E-state index in [9.17, 15) is 4.79 Å². The van der Waals surface area contributed by atoms with Crippen molar-refractivity contribution in [1.29, 1.82) is 0 Å². The fraction of sp³-hybridized carbons (Fsp3) is 0.417. The number of carbonyl (C=O) groups excluding carboxylic acids is 1. The maximum Gasteiger partial charge on any atom is 0.303 e. The fourth-order valence-electron chi connectivity index (χ4n) is 1.74. The summed E-state index contributed by atoms with van der Waals surface area (Å²) in [4.78, 5) is 11.0. The van der Waals surface area contributed by atoms with Gasteiger partial charge in [0.05, 0.1) is 0 Å². The molecule has 3 heteroatoms. The van der Waals surface area contributed by atoms with E-state index in [1.807, 2.05) is 24.3 Å². The normalized spacial score (nSPS) is 17.2. The van der Waals surface area contributed by atoms with Crippen molar-refractivity contribution in [2.24, 2.45) is 0 Å². The number of hydrogen-bond donors (Lipinski definition) is 0. The van der Waals surface area contributed by atoms with Gasteiger partial charge in [-0.1, -0.05) is 24.3 Å². The van der Waals surface area contributed by atoms with E-state index in [4.69, 9.17) is 16.3 Å². The zero-order valence-electron chi connectivity index (χ0n) is 8.63. The first-order valence-electron chi connectivity index (χ1n) is 5.01. The molecule has 2 nitrogen and oxygen atoms in total. The van der Waals surface area contributed by atoms with Gasteiger partial charge in [0.1, 0.15) is 5.60 Å². The summed E-state index contributed by atoms with van der Waals surface area (Å²) in [5.74, 6) is 0.301. The van der Waals surface area contributed by atoms with E-state index in [1.54, 1.807) is 0 Å². The van der Waals surface area contributed by atoms with Gasteiger partial charge in [0.2, 0.25) is 0 Å². The van der Waals surface area contributed by atoms with Crippen molar-refractivity contribution in [2.45, 2.75) is 31.2 Å². The van der Waals surface area contributed by atoms with Crippen molar-refractivity contribution >= 4 is 17.6 Å². The van der Waals surface area contributed by atoms with Crippen LogP contribution < -0.4 is 0 Å². The number of halogens is 1. The molecule has 0 aliphatic heterocycles. The lowest BCUT2D eigenvalue weighted by Crippen LogP contribution is -2.15. The van der Waals surface area contributed by atoms with Gasteiger partial charge in [-0.3, -0.25) is 4.79 Å². The monoisotopic (exact) mass is 224 g/mol. The molecule has 0 unspecified atom stereocenters. The Bertz CT molecular complexity index is 366. The summed E-state index contributed by atoms with van der Waals surface area (Å²) in [5, 5.41) is 0. The second-order valence-corrected chi connectivity index (χ2v) is 4.19. The summed E-state index contributed by atoms with van der Waals surface area (Å²) in [7, 11) is 0. The zero-order chi connectivity index (χ0) is 10.9. The summed E-state index contributed by atoms with van der Waals surface area (Å²) >= 11 is 5.71. The van der Waals surface area contributed by atoms with E-state index in [2.05, 4.69) is 0 Å². The summed E-state index contributed by atoms with van der Waals surface area (Å²) in [6, 6.07) is 7.94. The summed E-state index contributed by atoms with van der Waals surface area (Å²) in [6.45, 7) is 1.45. The average molecular weight is 225 g/mol. The zero-order valence-corrected chi connectivity index (χ0v) is 9.38. The lowest BCUT2D eigenvalue weighted by atomic mass is 10.1. The van der Waals surface area contributed by atoms with Gasteiger partial charge in [-0.25, -0.2) is 0 Å². The molecule has 0 aromatic heterocycles. The summed E-state index contributed by atoms with van der Waals surface area (Å²) in [5.41, 5.74) is 1.82. The van der Waals surface area contributed by atoms with Crippen LogP contribution in [0.5, 0.6) is 0 Å². The molecule has 1 fully saturated rings. The Morgan fingerprint density at radius 3 is 2.40 bits per heavy atom. The van der Waals surface area contributed by atoms with Gasteiger partial charge in [0, 0.05) is 12.8 Å². The highest BCUT2D eigenvalue weighted by Gasteiger charge is 2.47. The first-order valence-corrected chi connectivity index (χ1v) is 5.55. The van der Waals surface area contributed by atoms with Gasteiger partial charge in [0.15, 0.2) is 0 Å². The van der Waals surface area contributed by atoms with Gasteiger partial charge in [-0.2, -0.15) is 0 Å². The van der Waals surface area contributed by atoms with Gasteiger partial charge in [-0.05, 0) is 24.0 Å². The van der Waals surface area contributed by atoms with E-state index in [1.165, 1.54) is 6.92 Å². The molecule has 1 aromatic rings. The fourth-order valence-corrected chi connectivity index (χ4v) is 1.91. The molecule has 0 amide bonds. The van der Waals surface area contributed by atoms with Crippen LogP contribution in [0.2, 0.25) is 0 Å². The van der Waals surface area contributed by atoms with Gasteiger partial charge < -0.3 is 4.74 Å². The number of benzene rings is 1. The Balaban J connectivity index is 2.18. The predicted molar refractivity (Wildman–Crippen MR) is 58.7 cm³/mol. The van der Waals surface area contributed by atoms with Crippen LogP contribution in [0.15, 0.2) is 24.3 Å². The molecule has 15 heavy (non-hydrogen) atoms. The van der Waals surface area contributed by atoms with Crippen molar-refractivity contribution in [3.8, 4) is 0 Å². The van der Waals surface area contributed by atoms with Crippen molar-refractivity contribution in [2.75, 3.05) is 0 Å². The highest BCUT2D eigenvalue weighted by Crippen LogP contribution is 2.49. The van der Waals surface area contributed by atoms with Gasteiger partial charge in [-0.15, -0.1) is 11.6 Å². The Hall–Kier alpha value is -1.02. The molecule has 2 rings (SSSR count). The number of alkyl halides is 1. The number of carbonyl (C=O) groups is 1. The number of esters is 1. The highest BCUT2D eigenvalue weighted by molar-refractivity contribution is 6.17. The molecule has 1 aliphatic carbocycles. The van der Waals surface area contributed by atoms with Crippen molar-refractivity contribution in [3.63, 3.8) is 0 Å². The molecular formula is C12H13ClO2. The highest BCUT2D eigenvalue weighted by atomic mass is 35.5. The Morgan fingerprint density at radius 2 is 2.00 bits per heavy atom. The Kier molecular flexibility index (Phi) is 2.70. The van der Waals surface area contributed by atoms with Crippen molar-refractivity contribution in [1.82, 2.24) is 0 Å². The minimum absolute atomic E-state index is 0.214. The molecule has 1 aromatic carbocycles. The van der Waals surface area contributed by atoms with Crippen LogP contribution in [0.25, 0.3) is 0 Å². The smallest absolute Gasteiger partial charge is 0.303 e. The molecule has 1 aliphatic rings. The number of rotatable bonds is 3. The third kappa shape index (κ3) is 2.15. The van der Waals surface area contributed by atoms with E-state index in [0.29, 0.717) is 5.88 Å². The van der Waals surface area contributed by atoms with Crippen molar-refractivity contribution < 1.29 is 9.53 Å². The average Bonchev–Trinajstić information content (AvgIpc) is 2.98. The molecular weight excluding hydrogens is 212 g/mol. The second kappa shape index (κ2) is 3.86. The molecule has 1 saturated carbocycles. The SMILES string of the molecule is CC(=O)OC1(c2ccc(CCl)cc2)CC1. The molecule has 0 atom stereocenters. The minimum atomic E-state index is -0.337. The number of hydrogen-bond acceptors (Lipinski definition) is 2. The molecule has 0 heterocycles. The van der Waals surface area contributed by atoms with E-state index in [0.717, 1.165) is 24.0 Å². The molecule has 80 valence electrons. The maximum atomic E-state index is 11.0. The van der Waals surface area contributed by atoms with Crippen LogP contribution >= 0.6 is 11.6 Å². The van der Waals surface area contributed by atoms with Crippen LogP contribution in [-0.2, 0) is 21.0 Å². The third-order valence-corrected chi connectivity index (χ3v) is 2.99. The van der Waals surface area contributed by atoms with Crippen LogP contribution in [0.1, 0.15) is 30.9 Å². The Labute approximate surface area is 94.2 Å². The molecule has 0 N–H and O–H groups in total. The van der Waals surface area contributed by atoms with Crippen LogP contribution in [0.3, 0.4) is 0 Å². The van der Waals surface area contributed by atoms with E-state index < -0.39 is 0 Å². The summed E-state index contributed by atoms with van der Waals surface area (Å²) in [6.07, 6.45) is 1.85.